The molecule has 1 atom stereocenters. The lowest BCUT2D eigenvalue weighted by molar-refractivity contribution is -0.384. The molecule has 0 saturated heterocycles. The Morgan fingerprint density at radius 2 is 2.33 bits per heavy atom. The van der Waals surface area contributed by atoms with Crippen LogP contribution < -0.4 is 10.2 Å². The van der Waals surface area contributed by atoms with Crippen molar-refractivity contribution in [2.24, 2.45) is 5.92 Å². The van der Waals surface area contributed by atoms with Gasteiger partial charge in [-0.3, -0.25) is 10.1 Å². The van der Waals surface area contributed by atoms with E-state index < -0.39 is 4.92 Å². The molecule has 8 nitrogen and oxygen atoms in total. The molecule has 0 bridgehead atoms. The van der Waals surface area contributed by atoms with E-state index in [1.807, 2.05) is 4.90 Å². The van der Waals surface area contributed by atoms with Crippen molar-refractivity contribution in [3.8, 4) is 0 Å². The molecule has 1 aromatic heterocycles. The molecule has 1 aromatic rings. The topological polar surface area (TPSA) is 93.4 Å². The molecule has 0 radical (unpaired) electrons. The van der Waals surface area contributed by atoms with Crippen LogP contribution in [0.2, 0.25) is 0 Å². The summed E-state index contributed by atoms with van der Waals surface area (Å²) in [7, 11) is 3.31. The number of nitrogens with one attached hydrogen (secondary N) is 1. The average molecular weight is 295 g/mol. The van der Waals surface area contributed by atoms with Gasteiger partial charge >= 0.3 is 5.69 Å². The number of anilines is 2. The number of aromatic nitrogens is 2. The van der Waals surface area contributed by atoms with Gasteiger partial charge in [-0.15, -0.1) is 0 Å². The monoisotopic (exact) mass is 295 g/mol. The largest absolute Gasteiger partial charge is 0.383 e. The van der Waals surface area contributed by atoms with E-state index in [0.29, 0.717) is 30.8 Å². The molecular weight excluding hydrogens is 274 g/mol. The molecule has 21 heavy (non-hydrogen) atoms. The molecule has 1 unspecified atom stereocenters. The second-order valence-corrected chi connectivity index (χ2v) is 5.17. The van der Waals surface area contributed by atoms with E-state index in [1.165, 1.54) is 6.20 Å². The molecular formula is C13H21N5O3. The number of methoxy groups -OCH3 is 1. The lowest BCUT2D eigenvalue weighted by Gasteiger charge is -2.29. The van der Waals surface area contributed by atoms with E-state index in [1.54, 1.807) is 14.2 Å². The minimum Gasteiger partial charge on any atom is -0.383 e. The van der Waals surface area contributed by atoms with Gasteiger partial charge in [0.25, 0.3) is 0 Å². The number of nitrogens with zero attached hydrogens (tertiary/aromatic N) is 4. The van der Waals surface area contributed by atoms with Crippen LogP contribution in [-0.2, 0) is 4.74 Å². The van der Waals surface area contributed by atoms with E-state index in [4.69, 9.17) is 4.74 Å². The van der Waals surface area contributed by atoms with Gasteiger partial charge in [-0.1, -0.05) is 0 Å². The van der Waals surface area contributed by atoms with Gasteiger partial charge in [0.1, 0.15) is 6.20 Å². The fourth-order valence-corrected chi connectivity index (χ4v) is 2.35. The summed E-state index contributed by atoms with van der Waals surface area (Å²) in [6, 6.07) is 0.193. The highest BCUT2D eigenvalue weighted by molar-refractivity contribution is 5.59. The molecule has 0 aromatic carbocycles. The van der Waals surface area contributed by atoms with Gasteiger partial charge < -0.3 is 15.0 Å². The number of hydrogen-bond donors (Lipinski definition) is 1. The highest BCUT2D eigenvalue weighted by Gasteiger charge is 2.35. The Balaban J connectivity index is 2.37. The zero-order valence-electron chi connectivity index (χ0n) is 12.6. The van der Waals surface area contributed by atoms with Crippen molar-refractivity contribution in [2.75, 3.05) is 37.5 Å². The second-order valence-electron chi connectivity index (χ2n) is 5.17. The minimum atomic E-state index is -0.436. The third-order valence-corrected chi connectivity index (χ3v) is 3.77. The molecule has 1 saturated carbocycles. The summed E-state index contributed by atoms with van der Waals surface area (Å²) in [6.45, 7) is 3.14. The van der Waals surface area contributed by atoms with Crippen molar-refractivity contribution in [2.45, 2.75) is 25.8 Å². The third kappa shape index (κ3) is 3.57. The molecule has 0 amide bonds. The summed E-state index contributed by atoms with van der Waals surface area (Å²) in [5.41, 5.74) is -0.0717. The van der Waals surface area contributed by atoms with Crippen molar-refractivity contribution in [3.63, 3.8) is 0 Å². The first kappa shape index (κ1) is 15.4. The van der Waals surface area contributed by atoms with E-state index in [0.717, 1.165) is 12.8 Å². The fraction of sp³-hybridized carbons (Fsp3) is 0.692. The lowest BCUT2D eigenvalue weighted by Crippen LogP contribution is -2.38. The van der Waals surface area contributed by atoms with Gasteiger partial charge in [-0.2, -0.15) is 4.98 Å². The maximum absolute atomic E-state index is 11.3. The van der Waals surface area contributed by atoms with Crippen molar-refractivity contribution in [3.05, 3.63) is 16.3 Å². The zero-order chi connectivity index (χ0) is 15.4. The van der Waals surface area contributed by atoms with Crippen LogP contribution in [0.1, 0.15) is 19.8 Å². The third-order valence-electron chi connectivity index (χ3n) is 3.77. The maximum atomic E-state index is 11.3. The molecule has 0 aliphatic heterocycles. The summed E-state index contributed by atoms with van der Waals surface area (Å²) in [5, 5.41) is 14.1. The van der Waals surface area contributed by atoms with Crippen molar-refractivity contribution in [1.29, 1.82) is 0 Å². The number of hydrogen-bond acceptors (Lipinski definition) is 7. The summed E-state index contributed by atoms with van der Waals surface area (Å²) in [4.78, 5) is 21.0. The van der Waals surface area contributed by atoms with Gasteiger partial charge in [-0.25, -0.2) is 4.98 Å². The number of nitro groups is 1. The van der Waals surface area contributed by atoms with Crippen LogP contribution in [0.4, 0.5) is 17.5 Å². The molecule has 0 spiro atoms. The second kappa shape index (κ2) is 6.66. The van der Waals surface area contributed by atoms with Crippen LogP contribution in [0.5, 0.6) is 0 Å². The first-order valence-corrected chi connectivity index (χ1v) is 7.03. The van der Waals surface area contributed by atoms with Crippen LogP contribution in [0, 0.1) is 16.0 Å². The fourth-order valence-electron chi connectivity index (χ4n) is 2.35. The Bertz CT molecular complexity index is 507. The summed E-state index contributed by atoms with van der Waals surface area (Å²) in [6.07, 6.45) is 3.57. The number of ether oxygens (including phenoxy) is 1. The Hall–Kier alpha value is -1.96. The zero-order valence-corrected chi connectivity index (χ0v) is 12.6. The predicted octanol–water partition coefficient (Wildman–Crippen LogP) is 1.68. The van der Waals surface area contributed by atoms with Crippen LogP contribution in [0.15, 0.2) is 6.20 Å². The van der Waals surface area contributed by atoms with Gasteiger partial charge in [0.05, 0.1) is 11.5 Å². The lowest BCUT2D eigenvalue weighted by atomic mass is 10.1. The predicted molar refractivity (Wildman–Crippen MR) is 79.6 cm³/mol. The van der Waals surface area contributed by atoms with Crippen molar-refractivity contribution < 1.29 is 9.66 Å². The molecule has 1 aliphatic carbocycles. The summed E-state index contributed by atoms with van der Waals surface area (Å²) in [5.74, 6) is 1.30. The Kier molecular flexibility index (Phi) is 4.89. The van der Waals surface area contributed by atoms with E-state index in [9.17, 15) is 10.1 Å². The average Bonchev–Trinajstić information content (AvgIpc) is 3.31. The van der Waals surface area contributed by atoms with Crippen molar-refractivity contribution in [1.82, 2.24) is 9.97 Å². The van der Waals surface area contributed by atoms with Crippen LogP contribution in [-0.4, -0.2) is 48.2 Å². The molecule has 8 heteroatoms. The Morgan fingerprint density at radius 3 is 2.86 bits per heavy atom. The molecule has 1 aliphatic rings. The Morgan fingerprint density at radius 1 is 1.62 bits per heavy atom. The van der Waals surface area contributed by atoms with Gasteiger partial charge in [-0.05, 0) is 25.7 Å². The maximum Gasteiger partial charge on any atom is 0.329 e. The Labute approximate surface area is 123 Å². The van der Waals surface area contributed by atoms with E-state index >= 15 is 0 Å². The van der Waals surface area contributed by atoms with Gasteiger partial charge in [0.2, 0.25) is 11.8 Å². The number of rotatable bonds is 8. The first-order chi connectivity index (χ1) is 10.1. The normalized spacial score (nSPS) is 15.6. The van der Waals surface area contributed by atoms with Gasteiger partial charge in [0, 0.05) is 26.7 Å². The molecule has 1 fully saturated rings. The summed E-state index contributed by atoms with van der Waals surface area (Å²) >= 11 is 0. The molecule has 1 heterocycles. The highest BCUT2D eigenvalue weighted by Crippen LogP contribution is 2.38. The summed E-state index contributed by atoms with van der Waals surface area (Å²) < 4.78 is 5.13. The van der Waals surface area contributed by atoms with E-state index in [2.05, 4.69) is 22.2 Å². The van der Waals surface area contributed by atoms with E-state index in [-0.39, 0.29) is 11.7 Å². The van der Waals surface area contributed by atoms with Crippen molar-refractivity contribution >= 4 is 17.5 Å². The SMILES string of the molecule is CNc1ncc([N+](=O)[O-])c(N(CCOC)C(C)C2CC2)n1. The molecule has 2 rings (SSSR count). The highest BCUT2D eigenvalue weighted by atomic mass is 16.6. The molecule has 116 valence electrons. The van der Waals surface area contributed by atoms with Crippen LogP contribution in [0.3, 0.4) is 0 Å². The van der Waals surface area contributed by atoms with Crippen LogP contribution >= 0.6 is 0 Å². The molecule has 1 N–H and O–H groups in total. The van der Waals surface area contributed by atoms with Crippen LogP contribution in [0.25, 0.3) is 0 Å². The standard InChI is InChI=1S/C13H21N5O3/c1-9(10-4-5-10)17(6-7-21-3)12-11(18(19)20)8-15-13(14-2)16-12/h8-10H,4-7H2,1-3H3,(H,14,15,16). The quantitative estimate of drug-likeness (QED) is 0.576. The first-order valence-electron chi connectivity index (χ1n) is 7.03. The smallest absolute Gasteiger partial charge is 0.329 e. The minimum absolute atomic E-state index is 0.0717. The van der Waals surface area contributed by atoms with Gasteiger partial charge in [0.15, 0.2) is 0 Å².